The summed E-state index contributed by atoms with van der Waals surface area (Å²) in [5.74, 6) is 1.29. The van der Waals surface area contributed by atoms with Gasteiger partial charge >= 0.3 is 0 Å². The average molecular weight is 323 g/mol. The fourth-order valence-electron chi connectivity index (χ4n) is 1.94. The summed E-state index contributed by atoms with van der Waals surface area (Å²) in [7, 11) is -3.57. The molecule has 0 radical (unpaired) electrons. The maximum absolute atomic E-state index is 12.3. The second kappa shape index (κ2) is 7.47. The van der Waals surface area contributed by atoms with Crippen molar-refractivity contribution in [1.82, 2.24) is 4.72 Å². The minimum Gasteiger partial charge on any atom is -0.493 e. The van der Waals surface area contributed by atoms with Crippen LogP contribution in [0.4, 0.5) is 0 Å². The van der Waals surface area contributed by atoms with Crippen molar-refractivity contribution in [3.05, 3.63) is 47.9 Å². The smallest absolute Gasteiger partial charge is 0.240 e. The zero-order valence-electron chi connectivity index (χ0n) is 12.8. The van der Waals surface area contributed by atoms with E-state index < -0.39 is 10.0 Å². The van der Waals surface area contributed by atoms with E-state index in [-0.39, 0.29) is 11.4 Å². The summed E-state index contributed by atoms with van der Waals surface area (Å²) in [6.45, 7) is 4.70. The van der Waals surface area contributed by atoms with Crippen molar-refractivity contribution in [2.24, 2.45) is 0 Å². The third kappa shape index (κ3) is 4.35. The fourth-order valence-corrected chi connectivity index (χ4v) is 3.02. The maximum Gasteiger partial charge on any atom is 0.240 e. The minimum absolute atomic E-state index is 0.128. The number of aryl methyl sites for hydroxylation is 1. The first kappa shape index (κ1) is 16.6. The van der Waals surface area contributed by atoms with Crippen LogP contribution in [0.3, 0.4) is 0 Å². The second-order valence-corrected chi connectivity index (χ2v) is 6.80. The molecule has 1 heterocycles. The monoisotopic (exact) mass is 323 g/mol. The number of unbranched alkanes of at least 4 members (excludes halogenated alkanes) is 1. The van der Waals surface area contributed by atoms with Gasteiger partial charge in [-0.3, -0.25) is 0 Å². The largest absolute Gasteiger partial charge is 0.493 e. The lowest BCUT2D eigenvalue weighted by molar-refractivity contribution is 0.307. The molecule has 0 aliphatic heterocycles. The predicted molar refractivity (Wildman–Crippen MR) is 84.3 cm³/mol. The molecule has 1 aromatic heterocycles. The van der Waals surface area contributed by atoms with Crippen molar-refractivity contribution in [3.8, 4) is 5.75 Å². The molecular formula is C16H21NO4S. The molecule has 0 aliphatic rings. The lowest BCUT2D eigenvalue weighted by atomic mass is 10.2. The number of rotatable bonds is 8. The van der Waals surface area contributed by atoms with E-state index >= 15 is 0 Å². The highest BCUT2D eigenvalue weighted by atomic mass is 32.2. The third-order valence-corrected chi connectivity index (χ3v) is 4.63. The van der Waals surface area contributed by atoms with Crippen LogP contribution in [-0.4, -0.2) is 15.0 Å². The molecule has 1 aromatic carbocycles. The van der Waals surface area contributed by atoms with Crippen molar-refractivity contribution in [3.63, 3.8) is 0 Å². The van der Waals surface area contributed by atoms with Gasteiger partial charge < -0.3 is 9.15 Å². The molecule has 0 fully saturated rings. The highest BCUT2D eigenvalue weighted by Gasteiger charge is 2.15. The molecule has 5 nitrogen and oxygen atoms in total. The summed E-state index contributed by atoms with van der Waals surface area (Å²) >= 11 is 0. The summed E-state index contributed by atoms with van der Waals surface area (Å²) in [5.41, 5.74) is 0.803. The number of nitrogens with one attached hydrogen (secondary N) is 1. The van der Waals surface area contributed by atoms with E-state index in [0.717, 1.165) is 24.2 Å². The van der Waals surface area contributed by atoms with Gasteiger partial charge in [0.15, 0.2) is 0 Å². The predicted octanol–water partition coefficient (Wildman–Crippen LogP) is 3.25. The molecule has 2 aromatic rings. The number of furan rings is 1. The Morgan fingerprint density at radius 2 is 2.09 bits per heavy atom. The first-order valence-electron chi connectivity index (χ1n) is 7.28. The van der Waals surface area contributed by atoms with E-state index in [9.17, 15) is 8.42 Å². The molecule has 2 rings (SSSR count). The highest BCUT2D eigenvalue weighted by molar-refractivity contribution is 7.89. The highest BCUT2D eigenvalue weighted by Crippen LogP contribution is 2.22. The average Bonchev–Trinajstić information content (AvgIpc) is 3.00. The lowest BCUT2D eigenvalue weighted by Crippen LogP contribution is -2.23. The van der Waals surface area contributed by atoms with Crippen LogP contribution in [0.1, 0.15) is 31.1 Å². The van der Waals surface area contributed by atoms with Gasteiger partial charge in [-0.2, -0.15) is 0 Å². The first-order valence-corrected chi connectivity index (χ1v) is 8.76. The van der Waals surface area contributed by atoms with E-state index in [1.807, 2.05) is 6.92 Å². The van der Waals surface area contributed by atoms with Crippen LogP contribution < -0.4 is 9.46 Å². The molecule has 0 aliphatic carbocycles. The van der Waals surface area contributed by atoms with E-state index in [1.54, 1.807) is 30.3 Å². The molecular weight excluding hydrogens is 302 g/mol. The summed E-state index contributed by atoms with van der Waals surface area (Å²) in [6, 6.07) is 8.31. The van der Waals surface area contributed by atoms with Crippen LogP contribution >= 0.6 is 0 Å². The van der Waals surface area contributed by atoms with Gasteiger partial charge in [0, 0.05) is 0 Å². The molecule has 0 bridgehead atoms. The fraction of sp³-hybridized carbons (Fsp3) is 0.375. The third-order valence-electron chi connectivity index (χ3n) is 3.23. The second-order valence-electron chi connectivity index (χ2n) is 5.03. The molecule has 120 valence electrons. The Morgan fingerprint density at radius 3 is 2.73 bits per heavy atom. The molecule has 0 spiro atoms. The first-order chi connectivity index (χ1) is 10.5. The summed E-state index contributed by atoms with van der Waals surface area (Å²) in [4.78, 5) is 0.222. The Labute approximate surface area is 131 Å². The van der Waals surface area contributed by atoms with Crippen molar-refractivity contribution < 1.29 is 17.6 Å². The SMILES string of the molecule is CCCCOc1ccc(S(=O)(=O)NCc2ccco2)cc1C. The minimum atomic E-state index is -3.57. The van der Waals surface area contributed by atoms with Crippen molar-refractivity contribution in [2.45, 2.75) is 38.1 Å². The van der Waals surface area contributed by atoms with E-state index in [1.165, 1.54) is 6.26 Å². The Kier molecular flexibility index (Phi) is 5.63. The normalized spacial score (nSPS) is 11.5. The van der Waals surface area contributed by atoms with Crippen LogP contribution in [-0.2, 0) is 16.6 Å². The Balaban J connectivity index is 2.05. The topological polar surface area (TPSA) is 68.5 Å². The molecule has 6 heteroatoms. The van der Waals surface area contributed by atoms with Crippen LogP contribution in [0.25, 0.3) is 0 Å². The molecule has 1 N–H and O–H groups in total. The van der Waals surface area contributed by atoms with Crippen molar-refractivity contribution >= 4 is 10.0 Å². The van der Waals surface area contributed by atoms with Crippen molar-refractivity contribution in [2.75, 3.05) is 6.61 Å². The number of sulfonamides is 1. The Hall–Kier alpha value is -1.79. The number of hydrogen-bond acceptors (Lipinski definition) is 4. The zero-order valence-corrected chi connectivity index (χ0v) is 13.7. The molecule has 22 heavy (non-hydrogen) atoms. The van der Waals surface area contributed by atoms with E-state index in [2.05, 4.69) is 11.6 Å². The van der Waals surface area contributed by atoms with Gasteiger partial charge in [0.1, 0.15) is 11.5 Å². The molecule has 0 atom stereocenters. The van der Waals surface area contributed by atoms with Gasteiger partial charge in [-0.25, -0.2) is 13.1 Å². The van der Waals surface area contributed by atoms with Crippen LogP contribution in [0, 0.1) is 6.92 Å². The number of benzene rings is 1. The number of hydrogen-bond donors (Lipinski definition) is 1. The maximum atomic E-state index is 12.3. The van der Waals surface area contributed by atoms with Gasteiger partial charge in [-0.15, -0.1) is 0 Å². The summed E-state index contributed by atoms with van der Waals surface area (Å²) < 4.78 is 37.8. The van der Waals surface area contributed by atoms with Gasteiger partial charge in [-0.1, -0.05) is 13.3 Å². The standard InChI is InChI=1S/C16H21NO4S/c1-3-4-9-21-16-8-7-15(11-13(16)2)22(18,19)17-12-14-6-5-10-20-14/h5-8,10-11,17H,3-4,9,12H2,1-2H3. The molecule has 0 amide bonds. The lowest BCUT2D eigenvalue weighted by Gasteiger charge is -2.11. The van der Waals surface area contributed by atoms with E-state index in [0.29, 0.717) is 12.4 Å². The van der Waals surface area contributed by atoms with Gasteiger partial charge in [-0.05, 0) is 49.2 Å². The van der Waals surface area contributed by atoms with Crippen molar-refractivity contribution in [1.29, 1.82) is 0 Å². The number of ether oxygens (including phenoxy) is 1. The molecule has 0 saturated heterocycles. The van der Waals surface area contributed by atoms with Crippen LogP contribution in [0.5, 0.6) is 5.75 Å². The Bertz CT molecular complexity index is 693. The molecule has 0 unspecified atom stereocenters. The molecule has 0 saturated carbocycles. The summed E-state index contributed by atoms with van der Waals surface area (Å²) in [5, 5.41) is 0. The zero-order chi connectivity index (χ0) is 16.0. The summed E-state index contributed by atoms with van der Waals surface area (Å²) in [6.07, 6.45) is 3.54. The van der Waals surface area contributed by atoms with Crippen LogP contribution in [0.2, 0.25) is 0 Å². The van der Waals surface area contributed by atoms with Crippen LogP contribution in [0.15, 0.2) is 45.9 Å². The van der Waals surface area contributed by atoms with E-state index in [4.69, 9.17) is 9.15 Å². The van der Waals surface area contributed by atoms with Gasteiger partial charge in [0.25, 0.3) is 0 Å². The van der Waals surface area contributed by atoms with Gasteiger partial charge in [0.2, 0.25) is 10.0 Å². The quantitative estimate of drug-likeness (QED) is 0.757. The Morgan fingerprint density at radius 1 is 1.27 bits per heavy atom. The van der Waals surface area contributed by atoms with Gasteiger partial charge in [0.05, 0.1) is 24.3 Å².